The molecule has 0 saturated carbocycles. The molecule has 1 aromatic rings. The van der Waals surface area contributed by atoms with Crippen LogP contribution in [0.5, 0.6) is 11.5 Å². The van der Waals surface area contributed by atoms with E-state index in [-0.39, 0.29) is 11.9 Å². The summed E-state index contributed by atoms with van der Waals surface area (Å²) in [6.45, 7) is 1.09. The molecule has 0 aromatic heterocycles. The van der Waals surface area contributed by atoms with Gasteiger partial charge in [-0.25, -0.2) is 4.79 Å². The fraction of sp³-hybridized carbons (Fsp3) is 0.364. The second-order valence-electron chi connectivity index (χ2n) is 3.13. The first-order chi connectivity index (χ1) is 8.28. The van der Waals surface area contributed by atoms with Crippen LogP contribution in [0.1, 0.15) is 18.0 Å². The summed E-state index contributed by atoms with van der Waals surface area (Å²) in [5.74, 6) is 0.557. The number of para-hydroxylation sites is 2. The van der Waals surface area contributed by atoms with E-state index in [2.05, 4.69) is 0 Å². The van der Waals surface area contributed by atoms with Gasteiger partial charge >= 0.3 is 6.09 Å². The molecular formula is C11H15NO3. The van der Waals surface area contributed by atoms with Gasteiger partial charge in [-0.1, -0.05) is 12.1 Å². The van der Waals surface area contributed by atoms with Crippen LogP contribution in [0.4, 0.5) is 4.79 Å². The Labute approximate surface area is 93.4 Å². The minimum Gasteiger partial charge on any atom is -0.487 e. The highest BCUT2D eigenvalue weighted by molar-refractivity contribution is 5.70. The average molecular weight is 212 g/mol. The van der Waals surface area contributed by atoms with E-state index >= 15 is 0 Å². The van der Waals surface area contributed by atoms with Crippen LogP contribution < -0.4 is 14.8 Å². The maximum Gasteiger partial charge on any atom is 0.412 e. The Kier molecular flexibility index (Phi) is 2.64. The lowest BCUT2D eigenvalue weighted by molar-refractivity contribution is 0.194. The molecule has 1 aromatic carbocycles. The van der Waals surface area contributed by atoms with Crippen molar-refractivity contribution in [3.05, 3.63) is 24.3 Å². The molecule has 1 N–H and O–H groups in total. The molecule has 1 amide bonds. The van der Waals surface area contributed by atoms with Gasteiger partial charge in [-0.05, 0) is 26.0 Å². The summed E-state index contributed by atoms with van der Waals surface area (Å²) >= 11 is 0. The number of hydrogen-bond donors (Lipinski definition) is 1. The number of amides is 1. The van der Waals surface area contributed by atoms with Crippen LogP contribution in [0.3, 0.4) is 0 Å². The lowest BCUT2D eigenvalue weighted by Gasteiger charge is -2.13. The topological polar surface area (TPSA) is 47.6 Å². The first-order valence-electron chi connectivity index (χ1n) is 6.03. The van der Waals surface area contributed by atoms with Gasteiger partial charge in [-0.3, -0.25) is 0 Å². The number of benzene rings is 1. The van der Waals surface area contributed by atoms with Crippen molar-refractivity contribution in [2.24, 2.45) is 0 Å². The number of carbonyl (C=O) groups is 1. The summed E-state index contributed by atoms with van der Waals surface area (Å²) in [6, 6.07) is 6.55. The smallest absolute Gasteiger partial charge is 0.412 e. The molecule has 0 bridgehead atoms. The van der Waals surface area contributed by atoms with Gasteiger partial charge in [0, 0.05) is 11.1 Å². The number of carbonyl (C=O) groups excluding carboxylic acids is 1. The SMILES string of the molecule is [2H]C([2H])([2H])NC(=O)Oc1ccccc1OC(C)C. The highest BCUT2D eigenvalue weighted by Crippen LogP contribution is 2.27. The molecule has 4 heteroatoms. The number of rotatable bonds is 3. The Morgan fingerprint density at radius 2 is 2.07 bits per heavy atom. The normalized spacial score (nSPS) is 13.7. The quantitative estimate of drug-likeness (QED) is 0.835. The predicted octanol–water partition coefficient (Wildman–Crippen LogP) is 2.19. The van der Waals surface area contributed by atoms with Gasteiger partial charge < -0.3 is 14.8 Å². The van der Waals surface area contributed by atoms with Crippen molar-refractivity contribution in [3.8, 4) is 11.5 Å². The van der Waals surface area contributed by atoms with Gasteiger partial charge in [0.2, 0.25) is 0 Å². The standard InChI is InChI=1S/C11H15NO3/c1-8(2)14-9-6-4-5-7-10(9)15-11(13)12-3/h4-8H,1-3H3,(H,12,13)/i3D3. The largest absolute Gasteiger partial charge is 0.487 e. The van der Waals surface area contributed by atoms with Crippen LogP contribution in [-0.4, -0.2) is 19.2 Å². The third-order valence-electron chi connectivity index (χ3n) is 1.52. The Hall–Kier alpha value is -1.71. The molecule has 15 heavy (non-hydrogen) atoms. The number of nitrogens with one attached hydrogen (secondary N) is 1. The molecule has 0 atom stereocenters. The molecule has 0 heterocycles. The van der Waals surface area contributed by atoms with E-state index in [9.17, 15) is 4.79 Å². The summed E-state index contributed by atoms with van der Waals surface area (Å²) < 4.78 is 31.0. The summed E-state index contributed by atoms with van der Waals surface area (Å²) in [4.78, 5) is 11.3. The maximum absolute atomic E-state index is 11.3. The van der Waals surface area contributed by atoms with Gasteiger partial charge in [0.15, 0.2) is 11.5 Å². The zero-order chi connectivity index (χ0) is 13.8. The van der Waals surface area contributed by atoms with E-state index in [1.807, 2.05) is 13.8 Å². The first kappa shape index (κ1) is 7.56. The highest BCUT2D eigenvalue weighted by atomic mass is 16.6. The molecular weight excluding hydrogens is 194 g/mol. The zero-order valence-corrected chi connectivity index (χ0v) is 8.61. The minimum atomic E-state index is -2.58. The number of ether oxygens (including phenoxy) is 2. The Morgan fingerprint density at radius 3 is 2.67 bits per heavy atom. The zero-order valence-electron chi connectivity index (χ0n) is 11.6. The van der Waals surface area contributed by atoms with Crippen molar-refractivity contribution in [3.63, 3.8) is 0 Å². The second kappa shape index (κ2) is 5.24. The van der Waals surface area contributed by atoms with Gasteiger partial charge in [0.05, 0.1) is 6.10 Å². The molecule has 0 aliphatic rings. The Balaban J connectivity index is 2.75. The van der Waals surface area contributed by atoms with Crippen LogP contribution >= 0.6 is 0 Å². The molecule has 0 spiro atoms. The molecule has 0 fully saturated rings. The van der Waals surface area contributed by atoms with Crippen molar-refractivity contribution < 1.29 is 18.4 Å². The summed E-state index contributed by atoms with van der Waals surface area (Å²) in [6.07, 6.45) is -1.13. The van der Waals surface area contributed by atoms with Crippen LogP contribution in [0, 0.1) is 0 Å². The fourth-order valence-electron chi connectivity index (χ4n) is 1.01. The van der Waals surface area contributed by atoms with E-state index in [1.54, 1.807) is 23.5 Å². The number of hydrogen-bond acceptors (Lipinski definition) is 3. The van der Waals surface area contributed by atoms with Crippen molar-refractivity contribution in [2.45, 2.75) is 20.0 Å². The first-order valence-corrected chi connectivity index (χ1v) is 4.53. The molecule has 0 aliphatic heterocycles. The maximum atomic E-state index is 11.3. The predicted molar refractivity (Wildman–Crippen MR) is 57.3 cm³/mol. The van der Waals surface area contributed by atoms with E-state index < -0.39 is 13.1 Å². The molecule has 0 radical (unpaired) electrons. The second-order valence-corrected chi connectivity index (χ2v) is 3.13. The summed E-state index contributed by atoms with van der Waals surface area (Å²) in [5.41, 5.74) is 0. The monoisotopic (exact) mass is 212 g/mol. The van der Waals surface area contributed by atoms with Gasteiger partial charge in [-0.15, -0.1) is 0 Å². The molecule has 0 aliphatic carbocycles. The van der Waals surface area contributed by atoms with Crippen LogP contribution in [0.2, 0.25) is 0 Å². The van der Waals surface area contributed by atoms with Gasteiger partial charge in [-0.2, -0.15) is 0 Å². The minimum absolute atomic E-state index is 0.0829. The molecule has 4 nitrogen and oxygen atoms in total. The van der Waals surface area contributed by atoms with Crippen LogP contribution in [0.15, 0.2) is 24.3 Å². The lowest BCUT2D eigenvalue weighted by atomic mass is 10.3. The average Bonchev–Trinajstić information content (AvgIpc) is 2.17. The molecule has 1 rings (SSSR count). The summed E-state index contributed by atoms with van der Waals surface area (Å²) in [7, 11) is 0. The van der Waals surface area contributed by atoms with E-state index in [0.717, 1.165) is 0 Å². The van der Waals surface area contributed by atoms with Gasteiger partial charge in [0.25, 0.3) is 0 Å². The van der Waals surface area contributed by atoms with Crippen LogP contribution in [-0.2, 0) is 0 Å². The lowest BCUT2D eigenvalue weighted by Crippen LogP contribution is -2.22. The van der Waals surface area contributed by atoms with Crippen LogP contribution in [0.25, 0.3) is 0 Å². The fourth-order valence-corrected chi connectivity index (χ4v) is 1.01. The Bertz CT molecular complexity index is 418. The third-order valence-corrected chi connectivity index (χ3v) is 1.52. The van der Waals surface area contributed by atoms with Crippen molar-refractivity contribution in [1.82, 2.24) is 5.32 Å². The highest BCUT2D eigenvalue weighted by Gasteiger charge is 2.09. The van der Waals surface area contributed by atoms with Crippen molar-refractivity contribution in [2.75, 3.05) is 6.98 Å². The Morgan fingerprint density at radius 1 is 1.40 bits per heavy atom. The van der Waals surface area contributed by atoms with E-state index in [4.69, 9.17) is 13.6 Å². The molecule has 0 unspecified atom stereocenters. The van der Waals surface area contributed by atoms with Crippen molar-refractivity contribution in [1.29, 1.82) is 0 Å². The van der Waals surface area contributed by atoms with Crippen molar-refractivity contribution >= 4 is 6.09 Å². The molecule has 0 saturated heterocycles. The van der Waals surface area contributed by atoms with Gasteiger partial charge in [0.1, 0.15) is 0 Å². The summed E-state index contributed by atoms with van der Waals surface area (Å²) in [5, 5.41) is 1.73. The third kappa shape index (κ3) is 3.50. The molecule has 82 valence electrons. The van der Waals surface area contributed by atoms with E-state index in [0.29, 0.717) is 5.75 Å². The van der Waals surface area contributed by atoms with E-state index in [1.165, 1.54) is 6.07 Å².